The molecular weight excluding hydrogens is 286 g/mol. The molecule has 23 heavy (non-hydrogen) atoms. The lowest BCUT2D eigenvalue weighted by atomic mass is 10.1. The summed E-state index contributed by atoms with van der Waals surface area (Å²) in [5, 5.41) is 0. The fraction of sp³-hybridized carbons (Fsp3) is 0.316. The molecule has 3 aromatic rings. The molecule has 0 spiro atoms. The summed E-state index contributed by atoms with van der Waals surface area (Å²) in [4.78, 5) is 4.76. The molecule has 4 nitrogen and oxygen atoms in total. The molecule has 1 aromatic heterocycles. The van der Waals surface area contributed by atoms with Gasteiger partial charge in [0.15, 0.2) is 0 Å². The molecule has 0 fully saturated rings. The van der Waals surface area contributed by atoms with Crippen LogP contribution in [0.5, 0.6) is 5.75 Å². The van der Waals surface area contributed by atoms with Gasteiger partial charge in [0.2, 0.25) is 0 Å². The highest BCUT2D eigenvalue weighted by atomic mass is 16.5. The fourth-order valence-corrected chi connectivity index (χ4v) is 2.81. The lowest BCUT2D eigenvalue weighted by molar-refractivity contribution is 0.298. The van der Waals surface area contributed by atoms with E-state index in [1.54, 1.807) is 0 Å². The summed E-state index contributed by atoms with van der Waals surface area (Å²) in [5.74, 6) is 1.90. The van der Waals surface area contributed by atoms with Crippen molar-refractivity contribution >= 4 is 16.7 Å². The maximum Gasteiger partial charge on any atom is 0.121 e. The standard InChI is InChI=1S/C19H23N3O/c1-4-19-21-17-10-13(2)14(3)11-18(17)22(19)8-9-23-16-7-5-6-15(20)12-16/h5-7,10-12H,4,8-9,20H2,1-3H3. The summed E-state index contributed by atoms with van der Waals surface area (Å²) in [6.07, 6.45) is 0.908. The van der Waals surface area contributed by atoms with Gasteiger partial charge < -0.3 is 15.0 Å². The second-order valence-corrected chi connectivity index (χ2v) is 5.88. The molecule has 1 heterocycles. The third-order valence-corrected chi connectivity index (χ3v) is 4.20. The number of benzene rings is 2. The van der Waals surface area contributed by atoms with Crippen LogP contribution in [-0.4, -0.2) is 16.2 Å². The van der Waals surface area contributed by atoms with Gasteiger partial charge in [0.05, 0.1) is 17.6 Å². The minimum atomic E-state index is 0.592. The van der Waals surface area contributed by atoms with E-state index in [1.807, 2.05) is 24.3 Å². The number of imidazole rings is 1. The van der Waals surface area contributed by atoms with Crippen LogP contribution in [0.25, 0.3) is 11.0 Å². The number of nitrogen functional groups attached to an aromatic ring is 1. The molecule has 2 N–H and O–H groups in total. The van der Waals surface area contributed by atoms with E-state index in [0.29, 0.717) is 6.61 Å². The molecule has 3 rings (SSSR count). The van der Waals surface area contributed by atoms with Crippen molar-refractivity contribution in [2.24, 2.45) is 0 Å². The Labute approximate surface area is 136 Å². The number of rotatable bonds is 5. The SMILES string of the molecule is CCc1nc2cc(C)c(C)cc2n1CCOc1cccc(N)c1. The molecule has 0 saturated heterocycles. The molecule has 0 atom stereocenters. The predicted molar refractivity (Wildman–Crippen MR) is 94.9 cm³/mol. The van der Waals surface area contributed by atoms with Gasteiger partial charge in [-0.3, -0.25) is 0 Å². The fourth-order valence-electron chi connectivity index (χ4n) is 2.81. The molecule has 2 aromatic carbocycles. The minimum Gasteiger partial charge on any atom is -0.492 e. The molecule has 4 heteroatoms. The van der Waals surface area contributed by atoms with E-state index in [9.17, 15) is 0 Å². The highest BCUT2D eigenvalue weighted by Crippen LogP contribution is 2.21. The molecule has 120 valence electrons. The molecule has 0 unspecified atom stereocenters. The molecule has 0 saturated carbocycles. The van der Waals surface area contributed by atoms with Crippen molar-refractivity contribution < 1.29 is 4.74 Å². The predicted octanol–water partition coefficient (Wildman–Crippen LogP) is 3.88. The van der Waals surface area contributed by atoms with Gasteiger partial charge in [0, 0.05) is 18.2 Å². The first-order valence-corrected chi connectivity index (χ1v) is 8.03. The molecule has 0 aliphatic carbocycles. The van der Waals surface area contributed by atoms with Gasteiger partial charge in [-0.05, 0) is 49.2 Å². The number of hydrogen-bond acceptors (Lipinski definition) is 3. The van der Waals surface area contributed by atoms with Gasteiger partial charge in [-0.25, -0.2) is 4.98 Å². The minimum absolute atomic E-state index is 0.592. The van der Waals surface area contributed by atoms with Gasteiger partial charge in [-0.15, -0.1) is 0 Å². The Morgan fingerprint density at radius 1 is 1.13 bits per heavy atom. The van der Waals surface area contributed by atoms with Gasteiger partial charge in [-0.2, -0.15) is 0 Å². The highest BCUT2D eigenvalue weighted by Gasteiger charge is 2.10. The normalized spacial score (nSPS) is 11.1. The Balaban J connectivity index is 1.82. The number of aryl methyl sites for hydroxylation is 3. The number of nitrogens with two attached hydrogens (primary N) is 1. The van der Waals surface area contributed by atoms with Crippen molar-refractivity contribution in [1.82, 2.24) is 9.55 Å². The number of nitrogens with zero attached hydrogens (tertiary/aromatic N) is 2. The van der Waals surface area contributed by atoms with Gasteiger partial charge in [0.1, 0.15) is 18.2 Å². The van der Waals surface area contributed by atoms with Crippen LogP contribution >= 0.6 is 0 Å². The van der Waals surface area contributed by atoms with Crippen molar-refractivity contribution in [3.05, 3.63) is 53.3 Å². The van der Waals surface area contributed by atoms with Crippen LogP contribution in [0.1, 0.15) is 23.9 Å². The van der Waals surface area contributed by atoms with Gasteiger partial charge in [0.25, 0.3) is 0 Å². The summed E-state index contributed by atoms with van der Waals surface area (Å²) >= 11 is 0. The Kier molecular flexibility index (Phi) is 4.24. The molecule has 0 aliphatic rings. The van der Waals surface area contributed by atoms with Crippen molar-refractivity contribution in [2.45, 2.75) is 33.7 Å². The van der Waals surface area contributed by atoms with Gasteiger partial charge in [-0.1, -0.05) is 13.0 Å². The monoisotopic (exact) mass is 309 g/mol. The maximum absolute atomic E-state index is 5.83. The average molecular weight is 309 g/mol. The zero-order chi connectivity index (χ0) is 16.4. The third kappa shape index (κ3) is 3.16. The zero-order valence-corrected chi connectivity index (χ0v) is 14.0. The van der Waals surface area contributed by atoms with Crippen molar-refractivity contribution in [3.8, 4) is 5.75 Å². The number of fused-ring (bicyclic) bond motifs is 1. The van der Waals surface area contributed by atoms with E-state index in [0.717, 1.165) is 35.7 Å². The first-order chi connectivity index (χ1) is 11.1. The van der Waals surface area contributed by atoms with Crippen LogP contribution < -0.4 is 10.5 Å². The number of hydrogen-bond donors (Lipinski definition) is 1. The lowest BCUT2D eigenvalue weighted by Gasteiger charge is -2.11. The second kappa shape index (κ2) is 6.32. The third-order valence-electron chi connectivity index (χ3n) is 4.20. The largest absolute Gasteiger partial charge is 0.492 e. The molecular formula is C19H23N3O. The first kappa shape index (κ1) is 15.4. The maximum atomic E-state index is 5.83. The van der Waals surface area contributed by atoms with Crippen LogP contribution in [0.2, 0.25) is 0 Å². The Morgan fingerprint density at radius 3 is 2.65 bits per heavy atom. The molecule has 0 amide bonds. The summed E-state index contributed by atoms with van der Waals surface area (Å²) < 4.78 is 8.09. The highest BCUT2D eigenvalue weighted by molar-refractivity contribution is 5.78. The Morgan fingerprint density at radius 2 is 1.91 bits per heavy atom. The summed E-state index contributed by atoms with van der Waals surface area (Å²) in [6, 6.07) is 11.9. The molecule has 0 radical (unpaired) electrons. The Bertz CT molecular complexity index is 836. The van der Waals surface area contributed by atoms with Crippen LogP contribution in [0.4, 0.5) is 5.69 Å². The van der Waals surface area contributed by atoms with E-state index < -0.39 is 0 Å². The van der Waals surface area contributed by atoms with E-state index in [1.165, 1.54) is 16.6 Å². The van der Waals surface area contributed by atoms with Crippen LogP contribution in [0, 0.1) is 13.8 Å². The van der Waals surface area contributed by atoms with Crippen molar-refractivity contribution in [3.63, 3.8) is 0 Å². The van der Waals surface area contributed by atoms with Crippen LogP contribution in [-0.2, 0) is 13.0 Å². The topological polar surface area (TPSA) is 53.1 Å². The molecule has 0 bridgehead atoms. The first-order valence-electron chi connectivity index (χ1n) is 8.03. The van der Waals surface area contributed by atoms with E-state index in [2.05, 4.69) is 37.5 Å². The average Bonchev–Trinajstić information content (AvgIpc) is 2.85. The van der Waals surface area contributed by atoms with Gasteiger partial charge >= 0.3 is 0 Å². The second-order valence-electron chi connectivity index (χ2n) is 5.88. The van der Waals surface area contributed by atoms with Crippen molar-refractivity contribution in [2.75, 3.05) is 12.3 Å². The lowest BCUT2D eigenvalue weighted by Crippen LogP contribution is -2.11. The van der Waals surface area contributed by atoms with Crippen LogP contribution in [0.3, 0.4) is 0 Å². The quantitative estimate of drug-likeness (QED) is 0.728. The number of ether oxygens (including phenoxy) is 1. The number of anilines is 1. The van der Waals surface area contributed by atoms with E-state index in [-0.39, 0.29) is 0 Å². The molecule has 0 aliphatic heterocycles. The zero-order valence-electron chi connectivity index (χ0n) is 14.0. The summed E-state index contributed by atoms with van der Waals surface area (Å²) in [6.45, 7) is 7.77. The summed E-state index contributed by atoms with van der Waals surface area (Å²) in [5.41, 5.74) is 11.3. The van der Waals surface area contributed by atoms with Crippen LogP contribution in [0.15, 0.2) is 36.4 Å². The smallest absolute Gasteiger partial charge is 0.121 e. The number of aromatic nitrogens is 2. The summed E-state index contributed by atoms with van der Waals surface area (Å²) in [7, 11) is 0. The van der Waals surface area contributed by atoms with E-state index in [4.69, 9.17) is 15.5 Å². The van der Waals surface area contributed by atoms with Crippen molar-refractivity contribution in [1.29, 1.82) is 0 Å². The Hall–Kier alpha value is -2.49. The van der Waals surface area contributed by atoms with E-state index >= 15 is 0 Å².